The zero-order chi connectivity index (χ0) is 21.9. The molecule has 2 aromatic rings. The van der Waals surface area contributed by atoms with Crippen molar-refractivity contribution in [3.8, 4) is 11.1 Å². The van der Waals surface area contributed by atoms with Gasteiger partial charge in [-0.1, -0.05) is 13.0 Å². The van der Waals surface area contributed by atoms with Gasteiger partial charge in [-0.05, 0) is 59.1 Å². The number of pyridine rings is 1. The number of anilines is 1. The normalized spacial score (nSPS) is 26.2. The maximum absolute atomic E-state index is 12.0. The van der Waals surface area contributed by atoms with Gasteiger partial charge in [0.15, 0.2) is 0 Å². The second-order valence-electron chi connectivity index (χ2n) is 7.82. The highest BCUT2D eigenvalue weighted by Gasteiger charge is 2.53. The van der Waals surface area contributed by atoms with E-state index in [-0.39, 0.29) is 17.6 Å². The van der Waals surface area contributed by atoms with Gasteiger partial charge in [-0.3, -0.25) is 9.78 Å². The average Bonchev–Trinajstić information content (AvgIpc) is 3.49. The monoisotopic (exact) mass is 376 g/mol. The number of fused-ring (bicyclic) bond motifs is 4. The van der Waals surface area contributed by atoms with Crippen molar-refractivity contribution in [2.24, 2.45) is 5.92 Å². The van der Waals surface area contributed by atoms with E-state index >= 15 is 0 Å². The fourth-order valence-electron chi connectivity index (χ4n) is 4.76. The smallest absolute Gasteiger partial charge is 0.220 e. The van der Waals surface area contributed by atoms with Crippen molar-refractivity contribution in [1.29, 1.82) is 0 Å². The fraction of sp³-hybridized carbons (Fsp3) is 0.391. The number of rotatable bonds is 3. The number of allylic oxidation sites excluding steroid dienone is 1. The molecule has 2 heterocycles. The van der Waals surface area contributed by atoms with Gasteiger partial charge in [0.1, 0.15) is 11.6 Å². The van der Waals surface area contributed by atoms with E-state index in [2.05, 4.69) is 10.3 Å². The van der Waals surface area contributed by atoms with Crippen LogP contribution in [0, 0.1) is 5.92 Å². The molecule has 1 aromatic carbocycles. The van der Waals surface area contributed by atoms with Gasteiger partial charge in [0.2, 0.25) is 5.91 Å². The molecule has 1 amide bonds. The second-order valence-corrected chi connectivity index (χ2v) is 7.82. The first-order chi connectivity index (χ1) is 14.8. The number of nitrogens with zero attached hydrogens (tertiary/aromatic N) is 2. The Bertz CT molecular complexity index is 1140. The zero-order valence-electron chi connectivity index (χ0n) is 18.7. The summed E-state index contributed by atoms with van der Waals surface area (Å²) in [4.78, 5) is 28.9. The van der Waals surface area contributed by atoms with Crippen LogP contribution in [0.5, 0.6) is 0 Å². The van der Waals surface area contributed by atoms with Crippen LogP contribution in [-0.2, 0) is 16.0 Å². The van der Waals surface area contributed by atoms with Crippen LogP contribution in [0.2, 0.25) is 0 Å². The lowest BCUT2D eigenvalue weighted by Crippen LogP contribution is -2.28. The summed E-state index contributed by atoms with van der Waals surface area (Å²) in [5, 5.41) is 3.15. The Hall–Kier alpha value is -2.91. The largest absolute Gasteiger partial charge is 0.349 e. The van der Waals surface area contributed by atoms with Crippen LogP contribution >= 0.6 is 0 Å². The maximum Gasteiger partial charge on any atom is 0.220 e. The first-order valence-corrected chi connectivity index (χ1v) is 9.78. The highest BCUT2D eigenvalue weighted by molar-refractivity contribution is 5.79. The van der Waals surface area contributed by atoms with Crippen LogP contribution in [-0.4, -0.2) is 23.8 Å². The molecule has 3 aliphatic rings. The molecule has 1 N–H and O–H groups in total. The van der Waals surface area contributed by atoms with Gasteiger partial charge in [0.05, 0.1) is 6.04 Å². The topological polar surface area (TPSA) is 62.3 Å². The molecular weight excluding hydrogens is 350 g/mol. The minimum absolute atomic E-state index is 0.0175. The summed E-state index contributed by atoms with van der Waals surface area (Å²) in [5.74, 6) is 2.71. The van der Waals surface area contributed by atoms with E-state index in [1.807, 2.05) is 31.5 Å². The van der Waals surface area contributed by atoms with E-state index in [0.717, 1.165) is 33.6 Å². The van der Waals surface area contributed by atoms with Crippen molar-refractivity contribution in [3.63, 3.8) is 0 Å². The fourth-order valence-corrected chi connectivity index (χ4v) is 4.76. The van der Waals surface area contributed by atoms with E-state index in [1.54, 1.807) is 12.0 Å². The predicted octanol–water partition coefficient (Wildman–Crippen LogP) is 3.53. The number of hydrogen-bond acceptors (Lipinski definition) is 4. The first kappa shape index (κ1) is 14.1. The molecule has 5 heteroatoms. The van der Waals surface area contributed by atoms with Crippen molar-refractivity contribution in [1.82, 2.24) is 10.3 Å². The van der Waals surface area contributed by atoms with Crippen molar-refractivity contribution in [3.05, 3.63) is 53.0 Å². The molecule has 1 fully saturated rings. The lowest BCUT2D eigenvalue weighted by atomic mass is 9.92. The molecule has 28 heavy (non-hydrogen) atoms. The van der Waals surface area contributed by atoms with Gasteiger partial charge in [-0.15, -0.1) is 0 Å². The molecule has 3 atom stereocenters. The Morgan fingerprint density at radius 1 is 1.39 bits per heavy atom. The molecule has 0 unspecified atom stereocenters. The number of benzene rings is 1. The van der Waals surface area contributed by atoms with Gasteiger partial charge in [-0.2, -0.15) is 0 Å². The number of carbonyl (C=O) groups is 1. The van der Waals surface area contributed by atoms with E-state index in [9.17, 15) is 9.59 Å². The van der Waals surface area contributed by atoms with Crippen LogP contribution in [0.25, 0.3) is 11.1 Å². The van der Waals surface area contributed by atoms with Gasteiger partial charge in [0, 0.05) is 47.6 Å². The van der Waals surface area contributed by atoms with Crippen LogP contribution in [0.15, 0.2) is 36.3 Å². The van der Waals surface area contributed by atoms with Crippen LogP contribution in [0.1, 0.15) is 58.9 Å². The number of aromatic nitrogens is 1. The quantitative estimate of drug-likeness (QED) is 0.833. The summed E-state index contributed by atoms with van der Waals surface area (Å²) in [6.45, 7) is -0.587. The number of aryl methyl sites for hydroxylation is 1. The summed E-state index contributed by atoms with van der Waals surface area (Å²) in [5.41, 5.74) is 5.96. The lowest BCUT2D eigenvalue weighted by Gasteiger charge is -2.28. The number of carbonyl (C=O) groups excluding carboxylic acids is 2. The minimum Gasteiger partial charge on any atom is -0.349 e. The highest BCUT2D eigenvalue weighted by Crippen LogP contribution is 2.63. The Balaban J connectivity index is 1.56. The Labute approximate surface area is 168 Å². The number of hydrogen-bond donors (Lipinski definition) is 1. The molecule has 2 aliphatic carbocycles. The molecule has 5 rings (SSSR count). The summed E-state index contributed by atoms with van der Waals surface area (Å²) in [7, 11) is 0. The average molecular weight is 376 g/mol. The van der Waals surface area contributed by atoms with Crippen molar-refractivity contribution < 1.29 is 13.7 Å². The third-order valence-corrected chi connectivity index (χ3v) is 6.28. The second kappa shape index (κ2) is 6.32. The van der Waals surface area contributed by atoms with E-state index in [0.29, 0.717) is 36.8 Å². The molecule has 142 valence electrons. The third-order valence-electron chi connectivity index (χ3n) is 6.28. The Morgan fingerprint density at radius 2 is 2.29 bits per heavy atom. The summed E-state index contributed by atoms with van der Waals surface area (Å²) < 4.78 is 23.5. The third kappa shape index (κ3) is 2.50. The predicted molar refractivity (Wildman–Crippen MR) is 108 cm³/mol. The number of amides is 1. The number of nitrogens with one attached hydrogen (secondary N) is 1. The summed E-state index contributed by atoms with van der Waals surface area (Å²) >= 11 is 0. The molecule has 0 bridgehead atoms. The SMILES string of the molecule is [2H]C([2H])([2H])N1C(=C=O)CCc2cc(-c3cncc4c3[C@H]3C[C@H]3[C@H]4NC(=O)CC)ccc21. The Morgan fingerprint density at radius 3 is 3.07 bits per heavy atom. The van der Waals surface area contributed by atoms with Gasteiger partial charge in [0.25, 0.3) is 0 Å². The molecule has 0 saturated heterocycles. The molecular formula is C23H23N3O2. The van der Waals surface area contributed by atoms with Crippen LogP contribution in [0.4, 0.5) is 5.69 Å². The minimum atomic E-state index is -2.44. The van der Waals surface area contributed by atoms with Gasteiger partial charge < -0.3 is 10.2 Å². The van der Waals surface area contributed by atoms with E-state index in [1.165, 1.54) is 5.56 Å². The zero-order valence-corrected chi connectivity index (χ0v) is 15.7. The van der Waals surface area contributed by atoms with E-state index < -0.39 is 6.98 Å². The van der Waals surface area contributed by atoms with Crippen molar-refractivity contribution >= 4 is 17.5 Å². The van der Waals surface area contributed by atoms with Crippen LogP contribution < -0.4 is 10.2 Å². The summed E-state index contributed by atoms with van der Waals surface area (Å²) in [6.07, 6.45) is 6.17. The van der Waals surface area contributed by atoms with Crippen LogP contribution in [0.3, 0.4) is 0 Å². The van der Waals surface area contributed by atoms with Crippen molar-refractivity contribution in [2.75, 3.05) is 11.9 Å². The van der Waals surface area contributed by atoms with E-state index in [4.69, 9.17) is 4.11 Å². The summed E-state index contributed by atoms with van der Waals surface area (Å²) in [6, 6.07) is 5.71. The van der Waals surface area contributed by atoms with Crippen molar-refractivity contribution in [2.45, 2.75) is 44.6 Å². The van der Waals surface area contributed by atoms with Gasteiger partial charge in [-0.25, -0.2) is 4.79 Å². The first-order valence-electron chi connectivity index (χ1n) is 11.3. The molecule has 1 aliphatic heterocycles. The Kier molecular flexibility index (Phi) is 3.19. The maximum atomic E-state index is 12.0. The highest BCUT2D eigenvalue weighted by atomic mass is 16.1. The molecule has 0 radical (unpaired) electrons. The molecule has 0 spiro atoms. The molecule has 1 aromatic heterocycles. The molecule has 1 saturated carbocycles. The van der Waals surface area contributed by atoms with Gasteiger partial charge >= 0.3 is 0 Å². The lowest BCUT2D eigenvalue weighted by molar-refractivity contribution is -0.121. The standard InChI is InChI=1S/C23H23N3O2/c1-3-21(28)25-23-17-9-16(17)22-18(10-24-11-19(22)23)13-5-7-20-14(8-13)4-6-15(12-27)26(20)2/h5,7-8,10-11,16-17,23H,3-4,6,9H2,1-2H3,(H,25,28)/t16-,17+,23+/m0/s1/i2D3. The molecule has 5 nitrogen and oxygen atoms in total.